The maximum atomic E-state index is 11.6. The highest BCUT2D eigenvalue weighted by Gasteiger charge is 2.18. The Morgan fingerprint density at radius 2 is 2.31 bits per heavy atom. The summed E-state index contributed by atoms with van der Waals surface area (Å²) in [6.45, 7) is 4.38. The summed E-state index contributed by atoms with van der Waals surface area (Å²) in [7, 11) is 1.64. The van der Waals surface area contributed by atoms with Crippen molar-refractivity contribution in [1.82, 2.24) is 10.6 Å². The van der Waals surface area contributed by atoms with Crippen molar-refractivity contribution in [2.24, 2.45) is 0 Å². The van der Waals surface area contributed by atoms with Crippen LogP contribution in [-0.4, -0.2) is 31.3 Å². The van der Waals surface area contributed by atoms with E-state index in [-0.39, 0.29) is 17.7 Å². The Balaban J connectivity index is 2.25. The molecule has 0 saturated carbocycles. The van der Waals surface area contributed by atoms with Gasteiger partial charge in [0.05, 0.1) is 5.60 Å². The Labute approximate surface area is 97.4 Å². The fourth-order valence-electron chi connectivity index (χ4n) is 1.52. The molecule has 92 valence electrons. The molecule has 0 bridgehead atoms. The van der Waals surface area contributed by atoms with E-state index in [4.69, 9.17) is 4.74 Å². The molecule has 0 saturated heterocycles. The second-order valence-corrected chi connectivity index (χ2v) is 4.76. The second kappa shape index (κ2) is 5.89. The third-order valence-corrected chi connectivity index (χ3v) is 2.80. The number of carbonyl (C=O) groups is 1. The molecule has 0 aromatic rings. The molecule has 0 spiro atoms. The van der Waals surface area contributed by atoms with Gasteiger partial charge in [-0.25, -0.2) is 4.79 Å². The lowest BCUT2D eigenvalue weighted by molar-refractivity contribution is 0.0253. The Morgan fingerprint density at radius 1 is 1.56 bits per heavy atom. The van der Waals surface area contributed by atoms with Gasteiger partial charge in [0.15, 0.2) is 0 Å². The first kappa shape index (κ1) is 13.0. The normalized spacial score (nSPS) is 20.6. The first-order chi connectivity index (χ1) is 7.53. The molecule has 1 rings (SSSR count). The summed E-state index contributed by atoms with van der Waals surface area (Å²) in [6.07, 6.45) is 7.47. The van der Waals surface area contributed by atoms with Crippen LogP contribution in [0.2, 0.25) is 0 Å². The summed E-state index contributed by atoms with van der Waals surface area (Å²) >= 11 is 0. The number of urea groups is 1. The van der Waals surface area contributed by atoms with Crippen LogP contribution in [0.25, 0.3) is 0 Å². The topological polar surface area (TPSA) is 50.4 Å². The molecule has 0 aromatic carbocycles. The number of allylic oxidation sites excluding steroid dienone is 1. The predicted octanol–water partition coefficient (Wildman–Crippen LogP) is 1.82. The van der Waals surface area contributed by atoms with Crippen LogP contribution >= 0.6 is 0 Å². The monoisotopic (exact) mass is 226 g/mol. The van der Waals surface area contributed by atoms with E-state index in [9.17, 15) is 4.79 Å². The van der Waals surface area contributed by atoms with Gasteiger partial charge in [-0.05, 0) is 33.1 Å². The lowest BCUT2D eigenvalue weighted by atomic mass is 10.0. The van der Waals surface area contributed by atoms with Crippen LogP contribution in [0.5, 0.6) is 0 Å². The molecular formula is C12H22N2O2. The molecular weight excluding hydrogens is 204 g/mol. The third kappa shape index (κ3) is 4.66. The van der Waals surface area contributed by atoms with Crippen molar-refractivity contribution in [1.29, 1.82) is 0 Å². The van der Waals surface area contributed by atoms with Crippen LogP contribution in [0.3, 0.4) is 0 Å². The Hall–Kier alpha value is -1.03. The van der Waals surface area contributed by atoms with Crippen LogP contribution < -0.4 is 10.6 Å². The molecule has 1 aliphatic rings. The maximum absolute atomic E-state index is 11.6. The summed E-state index contributed by atoms with van der Waals surface area (Å²) in [5.74, 6) is 0. The Kier molecular flexibility index (Phi) is 4.80. The van der Waals surface area contributed by atoms with E-state index >= 15 is 0 Å². The Morgan fingerprint density at radius 3 is 2.88 bits per heavy atom. The van der Waals surface area contributed by atoms with Crippen molar-refractivity contribution < 1.29 is 9.53 Å². The lowest BCUT2D eigenvalue weighted by Crippen LogP contribution is -2.47. The van der Waals surface area contributed by atoms with E-state index in [2.05, 4.69) is 22.8 Å². The largest absolute Gasteiger partial charge is 0.377 e. The zero-order valence-corrected chi connectivity index (χ0v) is 10.4. The highest BCUT2D eigenvalue weighted by molar-refractivity contribution is 5.74. The van der Waals surface area contributed by atoms with E-state index in [0.717, 1.165) is 19.3 Å². The number of rotatable bonds is 4. The molecule has 1 atom stereocenters. The molecule has 16 heavy (non-hydrogen) atoms. The minimum atomic E-state index is -0.320. The van der Waals surface area contributed by atoms with Gasteiger partial charge in [-0.1, -0.05) is 12.2 Å². The van der Waals surface area contributed by atoms with E-state index in [1.807, 2.05) is 13.8 Å². The summed E-state index contributed by atoms with van der Waals surface area (Å²) in [5.41, 5.74) is -0.320. The fraction of sp³-hybridized carbons (Fsp3) is 0.750. The van der Waals surface area contributed by atoms with Crippen LogP contribution in [0.15, 0.2) is 12.2 Å². The average molecular weight is 226 g/mol. The van der Waals surface area contributed by atoms with Gasteiger partial charge >= 0.3 is 6.03 Å². The molecule has 0 unspecified atom stereocenters. The van der Waals surface area contributed by atoms with Gasteiger partial charge in [-0.3, -0.25) is 0 Å². The van der Waals surface area contributed by atoms with Gasteiger partial charge < -0.3 is 15.4 Å². The fourth-order valence-corrected chi connectivity index (χ4v) is 1.52. The third-order valence-electron chi connectivity index (χ3n) is 2.80. The number of ether oxygens (including phenoxy) is 1. The predicted molar refractivity (Wildman–Crippen MR) is 64.4 cm³/mol. The lowest BCUT2D eigenvalue weighted by Gasteiger charge is -2.24. The van der Waals surface area contributed by atoms with Crippen LogP contribution in [0.4, 0.5) is 4.79 Å². The van der Waals surface area contributed by atoms with Crippen molar-refractivity contribution in [3.63, 3.8) is 0 Å². The van der Waals surface area contributed by atoms with E-state index < -0.39 is 0 Å². The molecule has 2 N–H and O–H groups in total. The molecule has 0 aromatic heterocycles. The quantitative estimate of drug-likeness (QED) is 0.718. The van der Waals surface area contributed by atoms with Crippen molar-refractivity contribution in [2.45, 2.75) is 44.8 Å². The first-order valence-electron chi connectivity index (χ1n) is 5.80. The maximum Gasteiger partial charge on any atom is 0.315 e. The molecule has 0 radical (unpaired) electrons. The number of amides is 2. The van der Waals surface area contributed by atoms with Gasteiger partial charge in [-0.2, -0.15) is 0 Å². The van der Waals surface area contributed by atoms with Crippen LogP contribution in [0, 0.1) is 0 Å². The number of hydrogen-bond acceptors (Lipinski definition) is 2. The summed E-state index contributed by atoms with van der Waals surface area (Å²) in [4.78, 5) is 11.6. The molecule has 4 nitrogen and oxygen atoms in total. The van der Waals surface area contributed by atoms with Crippen LogP contribution in [0.1, 0.15) is 33.1 Å². The van der Waals surface area contributed by atoms with Gasteiger partial charge in [0.2, 0.25) is 0 Å². The molecule has 2 amide bonds. The highest BCUT2D eigenvalue weighted by Crippen LogP contribution is 2.10. The number of carbonyl (C=O) groups excluding carboxylic acids is 1. The Bertz CT molecular complexity index is 262. The summed E-state index contributed by atoms with van der Waals surface area (Å²) < 4.78 is 5.22. The van der Waals surface area contributed by atoms with Crippen molar-refractivity contribution in [3.05, 3.63) is 12.2 Å². The second-order valence-electron chi connectivity index (χ2n) is 4.76. The molecule has 0 fully saturated rings. The zero-order chi connectivity index (χ0) is 12.0. The SMILES string of the molecule is COC(C)(C)CNC(=O)N[C@@H]1C=CCCC1. The van der Waals surface area contributed by atoms with Gasteiger partial charge in [-0.15, -0.1) is 0 Å². The standard InChI is InChI=1S/C12H22N2O2/c1-12(2,16-3)9-13-11(15)14-10-7-5-4-6-8-10/h5,7,10H,4,6,8-9H2,1-3H3,(H2,13,14,15)/t10-/m1/s1. The number of hydrogen-bond donors (Lipinski definition) is 2. The van der Waals surface area contributed by atoms with Crippen molar-refractivity contribution in [3.8, 4) is 0 Å². The minimum Gasteiger partial charge on any atom is -0.377 e. The van der Waals surface area contributed by atoms with Crippen molar-refractivity contribution >= 4 is 6.03 Å². The molecule has 1 aliphatic carbocycles. The average Bonchev–Trinajstić information content (AvgIpc) is 2.28. The molecule has 4 heteroatoms. The highest BCUT2D eigenvalue weighted by atomic mass is 16.5. The molecule has 0 aliphatic heterocycles. The van der Waals surface area contributed by atoms with Gasteiger partial charge in [0, 0.05) is 19.7 Å². The first-order valence-corrected chi connectivity index (χ1v) is 5.80. The number of methoxy groups -OCH3 is 1. The smallest absolute Gasteiger partial charge is 0.315 e. The summed E-state index contributed by atoms with van der Waals surface area (Å²) in [5, 5.41) is 5.74. The number of nitrogens with one attached hydrogen (secondary N) is 2. The van der Waals surface area contributed by atoms with Gasteiger partial charge in [0.25, 0.3) is 0 Å². The van der Waals surface area contributed by atoms with Crippen LogP contribution in [-0.2, 0) is 4.74 Å². The van der Waals surface area contributed by atoms with Gasteiger partial charge in [0.1, 0.15) is 0 Å². The summed E-state index contributed by atoms with van der Waals surface area (Å²) in [6, 6.07) is 0.0566. The zero-order valence-electron chi connectivity index (χ0n) is 10.4. The van der Waals surface area contributed by atoms with E-state index in [0.29, 0.717) is 6.54 Å². The van der Waals surface area contributed by atoms with Crippen molar-refractivity contribution in [2.75, 3.05) is 13.7 Å². The minimum absolute atomic E-state index is 0.123. The molecule has 0 heterocycles. The van der Waals surface area contributed by atoms with E-state index in [1.54, 1.807) is 7.11 Å². The van der Waals surface area contributed by atoms with E-state index in [1.165, 1.54) is 0 Å².